The predicted octanol–water partition coefficient (Wildman–Crippen LogP) is 3.26. The molecule has 1 aromatic carbocycles. The topological polar surface area (TPSA) is 37.4 Å². The summed E-state index contributed by atoms with van der Waals surface area (Å²) in [6, 6.07) is 8.58. The summed E-state index contributed by atoms with van der Waals surface area (Å²) in [6.07, 6.45) is 1.54. The van der Waals surface area contributed by atoms with Gasteiger partial charge in [0.05, 0.1) is 4.90 Å². The van der Waals surface area contributed by atoms with Crippen LogP contribution in [0.1, 0.15) is 4.88 Å². The molecule has 6 heteroatoms. The number of hydrogen-bond donors (Lipinski definition) is 0. The molecule has 2 rings (SSSR count). The van der Waals surface area contributed by atoms with Crippen LogP contribution < -0.4 is 0 Å². The Morgan fingerprint density at radius 2 is 1.95 bits per heavy atom. The first kappa shape index (κ1) is 14.9. The Morgan fingerprint density at radius 3 is 2.50 bits per heavy atom. The van der Waals surface area contributed by atoms with E-state index in [9.17, 15) is 12.8 Å². The number of halogens is 1. The number of rotatable bonds is 6. The lowest BCUT2D eigenvalue weighted by molar-refractivity contribution is 0.441. The molecule has 3 nitrogen and oxygen atoms in total. The highest BCUT2D eigenvalue weighted by molar-refractivity contribution is 7.89. The van der Waals surface area contributed by atoms with Gasteiger partial charge in [-0.05, 0) is 35.7 Å². The molecule has 0 N–H and O–H groups in total. The standard InChI is InChI=1S/C14H14FNO2S2/c1-2-9-16(11-13-4-3-10-19-13)20(17,18)14-7-5-12(15)6-8-14/h2-8,10H,1,9,11H2. The SMILES string of the molecule is C=CCN(Cc1cccs1)S(=O)(=O)c1ccc(F)cc1. The molecule has 0 unspecified atom stereocenters. The largest absolute Gasteiger partial charge is 0.243 e. The number of thiophene rings is 1. The first-order chi connectivity index (χ1) is 9.54. The van der Waals surface area contributed by atoms with Gasteiger partial charge in [0, 0.05) is 18.0 Å². The lowest BCUT2D eigenvalue weighted by atomic mass is 10.4. The summed E-state index contributed by atoms with van der Waals surface area (Å²) >= 11 is 1.49. The molecule has 0 aliphatic carbocycles. The van der Waals surface area contributed by atoms with E-state index in [1.54, 1.807) is 0 Å². The van der Waals surface area contributed by atoms with Gasteiger partial charge in [0.25, 0.3) is 0 Å². The average molecular weight is 311 g/mol. The Balaban J connectivity index is 2.31. The van der Waals surface area contributed by atoms with Crippen LogP contribution in [0.25, 0.3) is 0 Å². The highest BCUT2D eigenvalue weighted by Crippen LogP contribution is 2.20. The summed E-state index contributed by atoms with van der Waals surface area (Å²) in [6.45, 7) is 4.08. The van der Waals surface area contributed by atoms with Crippen LogP contribution in [0.5, 0.6) is 0 Å². The molecule has 2 aromatic rings. The zero-order valence-corrected chi connectivity index (χ0v) is 12.3. The van der Waals surface area contributed by atoms with E-state index < -0.39 is 15.8 Å². The second-order valence-electron chi connectivity index (χ2n) is 4.12. The molecule has 0 aliphatic heterocycles. The molecule has 1 aromatic heterocycles. The first-order valence-electron chi connectivity index (χ1n) is 5.93. The summed E-state index contributed by atoms with van der Waals surface area (Å²) in [5.74, 6) is -0.461. The Morgan fingerprint density at radius 1 is 1.25 bits per heavy atom. The fourth-order valence-electron chi connectivity index (χ4n) is 1.72. The van der Waals surface area contributed by atoms with Crippen molar-refractivity contribution in [2.45, 2.75) is 11.4 Å². The van der Waals surface area contributed by atoms with Gasteiger partial charge in [0.15, 0.2) is 0 Å². The summed E-state index contributed by atoms with van der Waals surface area (Å²) < 4.78 is 39.3. The maximum absolute atomic E-state index is 12.9. The maximum atomic E-state index is 12.9. The molecule has 0 aliphatic rings. The van der Waals surface area contributed by atoms with Crippen LogP contribution in [0, 0.1) is 5.82 Å². The normalized spacial score (nSPS) is 11.7. The molecule has 0 spiro atoms. The Kier molecular flexibility index (Phi) is 4.69. The van der Waals surface area contributed by atoms with Crippen molar-refractivity contribution in [1.29, 1.82) is 0 Å². The quantitative estimate of drug-likeness (QED) is 0.768. The predicted molar refractivity (Wildman–Crippen MR) is 78.5 cm³/mol. The third kappa shape index (κ3) is 3.33. The van der Waals surface area contributed by atoms with Crippen LogP contribution >= 0.6 is 11.3 Å². The lowest BCUT2D eigenvalue weighted by Crippen LogP contribution is -2.30. The van der Waals surface area contributed by atoms with Crippen molar-refractivity contribution in [3.05, 3.63) is 65.1 Å². The molecule has 0 fully saturated rings. The maximum Gasteiger partial charge on any atom is 0.243 e. The molecule has 0 saturated heterocycles. The van der Waals surface area contributed by atoms with Gasteiger partial charge in [-0.3, -0.25) is 0 Å². The zero-order valence-electron chi connectivity index (χ0n) is 10.7. The third-order valence-corrected chi connectivity index (χ3v) is 5.38. The van der Waals surface area contributed by atoms with E-state index >= 15 is 0 Å². The van der Waals surface area contributed by atoms with E-state index in [4.69, 9.17) is 0 Å². The van der Waals surface area contributed by atoms with E-state index in [1.807, 2.05) is 17.5 Å². The van der Waals surface area contributed by atoms with Crippen molar-refractivity contribution in [2.24, 2.45) is 0 Å². The minimum Gasteiger partial charge on any atom is -0.207 e. The fourth-order valence-corrected chi connectivity index (χ4v) is 3.91. The number of hydrogen-bond acceptors (Lipinski definition) is 3. The smallest absolute Gasteiger partial charge is 0.207 e. The lowest BCUT2D eigenvalue weighted by Gasteiger charge is -2.20. The van der Waals surface area contributed by atoms with Gasteiger partial charge in [0.1, 0.15) is 5.82 Å². The van der Waals surface area contributed by atoms with E-state index in [-0.39, 0.29) is 18.0 Å². The van der Waals surface area contributed by atoms with Crippen LogP contribution in [-0.2, 0) is 16.6 Å². The van der Waals surface area contributed by atoms with Gasteiger partial charge < -0.3 is 0 Å². The summed E-state index contributed by atoms with van der Waals surface area (Å²) in [5.41, 5.74) is 0. The summed E-state index contributed by atoms with van der Waals surface area (Å²) in [5, 5.41) is 1.89. The van der Waals surface area contributed by atoms with Gasteiger partial charge in [-0.15, -0.1) is 17.9 Å². The van der Waals surface area contributed by atoms with Gasteiger partial charge in [-0.1, -0.05) is 12.1 Å². The zero-order chi connectivity index (χ0) is 14.6. The first-order valence-corrected chi connectivity index (χ1v) is 8.25. The van der Waals surface area contributed by atoms with Gasteiger partial charge in [0.2, 0.25) is 10.0 Å². The number of sulfonamides is 1. The monoisotopic (exact) mass is 311 g/mol. The van der Waals surface area contributed by atoms with Crippen LogP contribution in [0.3, 0.4) is 0 Å². The third-order valence-electron chi connectivity index (χ3n) is 2.70. The number of benzene rings is 1. The van der Waals surface area contributed by atoms with Crippen LogP contribution in [0.15, 0.2) is 59.3 Å². The van der Waals surface area contributed by atoms with Crippen molar-refractivity contribution in [3.63, 3.8) is 0 Å². The van der Waals surface area contributed by atoms with E-state index in [1.165, 1.54) is 33.9 Å². The Bertz CT molecular complexity index is 664. The summed E-state index contributed by atoms with van der Waals surface area (Å²) in [4.78, 5) is 1.02. The molecule has 0 bridgehead atoms. The molecule has 106 valence electrons. The van der Waals surface area contributed by atoms with Crippen molar-refractivity contribution >= 4 is 21.4 Å². The van der Waals surface area contributed by atoms with Gasteiger partial charge in [-0.25, -0.2) is 12.8 Å². The van der Waals surface area contributed by atoms with Crippen molar-refractivity contribution < 1.29 is 12.8 Å². The fraction of sp³-hybridized carbons (Fsp3) is 0.143. The van der Waals surface area contributed by atoms with Gasteiger partial charge in [-0.2, -0.15) is 4.31 Å². The second kappa shape index (κ2) is 6.30. The molecule has 0 atom stereocenters. The van der Waals surface area contributed by atoms with E-state index in [0.717, 1.165) is 17.0 Å². The van der Waals surface area contributed by atoms with Crippen molar-refractivity contribution in [1.82, 2.24) is 4.31 Å². The van der Waals surface area contributed by atoms with Crippen LogP contribution in [0.4, 0.5) is 4.39 Å². The molecule has 0 radical (unpaired) electrons. The molecule has 20 heavy (non-hydrogen) atoms. The van der Waals surface area contributed by atoms with Crippen LogP contribution in [0.2, 0.25) is 0 Å². The van der Waals surface area contributed by atoms with Gasteiger partial charge >= 0.3 is 0 Å². The highest BCUT2D eigenvalue weighted by Gasteiger charge is 2.23. The molecule has 1 heterocycles. The van der Waals surface area contributed by atoms with Crippen molar-refractivity contribution in [2.75, 3.05) is 6.54 Å². The molecular weight excluding hydrogens is 297 g/mol. The molecule has 0 saturated carbocycles. The minimum absolute atomic E-state index is 0.0808. The van der Waals surface area contributed by atoms with E-state index in [2.05, 4.69) is 6.58 Å². The molecule has 0 amide bonds. The molecular formula is C14H14FNO2S2. The second-order valence-corrected chi connectivity index (χ2v) is 7.09. The van der Waals surface area contributed by atoms with Crippen LogP contribution in [-0.4, -0.2) is 19.3 Å². The van der Waals surface area contributed by atoms with E-state index in [0.29, 0.717) is 0 Å². The summed E-state index contributed by atoms with van der Waals surface area (Å²) in [7, 11) is -3.65. The minimum atomic E-state index is -3.65. The number of nitrogens with zero attached hydrogens (tertiary/aromatic N) is 1. The highest BCUT2D eigenvalue weighted by atomic mass is 32.2. The average Bonchev–Trinajstić information content (AvgIpc) is 2.92. The Hall–Kier alpha value is -1.50. The van der Waals surface area contributed by atoms with Crippen molar-refractivity contribution in [3.8, 4) is 0 Å². The Labute approximate surface area is 122 Å².